The average molecular weight is 530 g/mol. The van der Waals surface area contributed by atoms with E-state index in [9.17, 15) is 13.2 Å². The van der Waals surface area contributed by atoms with Crippen molar-refractivity contribution in [2.24, 2.45) is 0 Å². The number of rotatable bonds is 6. The number of carbonyl (C=O) groups is 1. The van der Waals surface area contributed by atoms with Crippen LogP contribution in [0.5, 0.6) is 0 Å². The van der Waals surface area contributed by atoms with Crippen LogP contribution >= 0.6 is 0 Å². The molecule has 0 radical (unpaired) electrons. The highest BCUT2D eigenvalue weighted by Gasteiger charge is 2.16. The highest BCUT2D eigenvalue weighted by Crippen LogP contribution is 2.28. The van der Waals surface area contributed by atoms with Gasteiger partial charge in [0.1, 0.15) is 12.4 Å². The van der Waals surface area contributed by atoms with Gasteiger partial charge in [-0.2, -0.15) is 4.98 Å². The van der Waals surface area contributed by atoms with Gasteiger partial charge in [-0.25, -0.2) is 18.1 Å². The summed E-state index contributed by atoms with van der Waals surface area (Å²) in [7, 11) is -3.60. The second kappa shape index (κ2) is 11.5. The zero-order valence-electron chi connectivity index (χ0n) is 20.6. The number of nitrogens with zero attached hydrogens (tertiary/aromatic N) is 2. The van der Waals surface area contributed by atoms with Crippen molar-refractivity contribution in [2.45, 2.75) is 17.9 Å². The van der Waals surface area contributed by atoms with Crippen molar-refractivity contribution in [3.63, 3.8) is 0 Å². The van der Waals surface area contributed by atoms with E-state index in [1.165, 1.54) is 0 Å². The third-order valence-electron chi connectivity index (χ3n) is 5.99. The van der Waals surface area contributed by atoms with Gasteiger partial charge in [-0.3, -0.25) is 4.79 Å². The van der Waals surface area contributed by atoms with Gasteiger partial charge < -0.3 is 15.4 Å². The number of hydrogen-bond acceptors (Lipinski definition) is 8. The lowest BCUT2D eigenvalue weighted by molar-refractivity contribution is 0.0726. The fourth-order valence-electron chi connectivity index (χ4n) is 3.99. The van der Waals surface area contributed by atoms with Crippen molar-refractivity contribution in [2.75, 3.05) is 30.3 Å². The molecular formula is C28H27N5O4S. The molecule has 3 N–H and O–H groups in total. The van der Waals surface area contributed by atoms with Crippen LogP contribution in [-0.4, -0.2) is 43.9 Å². The van der Waals surface area contributed by atoms with Crippen molar-refractivity contribution < 1.29 is 17.9 Å². The number of ether oxygens (including phenoxy) is 1. The molecule has 2 heterocycles. The first-order valence-corrected chi connectivity index (χ1v) is 13.7. The Morgan fingerprint density at radius 1 is 0.947 bits per heavy atom. The minimum absolute atomic E-state index is 0.0151. The summed E-state index contributed by atoms with van der Waals surface area (Å²) >= 11 is 0. The molecule has 0 saturated carbocycles. The first kappa shape index (κ1) is 25.5. The maximum absolute atomic E-state index is 12.6. The topological polar surface area (TPSA) is 122 Å². The predicted molar refractivity (Wildman–Crippen MR) is 146 cm³/mol. The molecule has 0 aliphatic carbocycles. The summed E-state index contributed by atoms with van der Waals surface area (Å²) in [5.74, 6) is 0.933. The van der Waals surface area contributed by atoms with Crippen LogP contribution in [0.2, 0.25) is 0 Å². The number of carbonyl (C=O) groups excluding carboxylic acids is 1. The molecule has 0 amide bonds. The molecule has 1 aromatic heterocycles. The number of fused-ring (bicyclic) bond motifs is 4. The molecule has 0 spiro atoms. The summed E-state index contributed by atoms with van der Waals surface area (Å²) in [6.07, 6.45) is 2.31. The molecule has 0 saturated heterocycles. The Balaban J connectivity index is 1.30. The molecule has 38 heavy (non-hydrogen) atoms. The van der Waals surface area contributed by atoms with E-state index in [0.717, 1.165) is 16.7 Å². The van der Waals surface area contributed by atoms with Crippen LogP contribution < -0.4 is 15.4 Å². The van der Waals surface area contributed by atoms with Gasteiger partial charge in [0.25, 0.3) is 0 Å². The quantitative estimate of drug-likeness (QED) is 0.315. The monoisotopic (exact) mass is 529 g/mol. The third kappa shape index (κ3) is 6.23. The first-order valence-electron chi connectivity index (χ1n) is 12.2. The van der Waals surface area contributed by atoms with Crippen LogP contribution in [0.25, 0.3) is 11.1 Å². The molecule has 194 valence electrons. The molecule has 5 rings (SSSR count). The fraction of sp³-hybridized carbons (Fsp3) is 0.179. The maximum atomic E-state index is 12.6. The number of anilines is 3. The third-order valence-corrected chi connectivity index (χ3v) is 7.45. The summed E-state index contributed by atoms with van der Waals surface area (Å²) in [6.45, 7) is 1.14. The first-order chi connectivity index (χ1) is 18.5. The Kier molecular flexibility index (Phi) is 7.73. The number of nitrogens with one attached hydrogen (secondary N) is 3. The number of Topliss-reactive ketones (excluding diaryl/α,β-unsaturated/α-hetero) is 1. The van der Waals surface area contributed by atoms with E-state index in [1.807, 2.05) is 42.5 Å². The van der Waals surface area contributed by atoms with Crippen LogP contribution in [-0.2, 0) is 21.4 Å². The van der Waals surface area contributed by atoms with Gasteiger partial charge in [-0.1, -0.05) is 60.7 Å². The number of sulfonamides is 1. The van der Waals surface area contributed by atoms with Gasteiger partial charge in [-0.15, -0.1) is 0 Å². The minimum atomic E-state index is -3.60. The van der Waals surface area contributed by atoms with Gasteiger partial charge in [0.2, 0.25) is 16.0 Å². The van der Waals surface area contributed by atoms with E-state index in [1.54, 1.807) is 42.6 Å². The largest absolute Gasteiger partial charge is 0.369 e. The molecular weight excluding hydrogens is 502 g/mol. The lowest BCUT2D eigenvalue weighted by Crippen LogP contribution is -2.26. The van der Waals surface area contributed by atoms with E-state index in [-0.39, 0.29) is 17.3 Å². The Labute approximate surface area is 221 Å². The summed E-state index contributed by atoms with van der Waals surface area (Å²) in [4.78, 5) is 21.5. The van der Waals surface area contributed by atoms with Crippen LogP contribution in [0.1, 0.15) is 22.3 Å². The highest BCUT2D eigenvalue weighted by molar-refractivity contribution is 7.89. The second-order valence-corrected chi connectivity index (χ2v) is 10.5. The molecule has 0 atom stereocenters. The van der Waals surface area contributed by atoms with Crippen molar-refractivity contribution in [3.8, 4) is 11.1 Å². The molecule has 1 aliphatic rings. The lowest BCUT2D eigenvalue weighted by Gasteiger charge is -2.13. The van der Waals surface area contributed by atoms with Gasteiger partial charge in [0.15, 0.2) is 5.78 Å². The molecule has 0 fully saturated rings. The number of aromatic nitrogens is 2. The molecule has 0 unspecified atom stereocenters. The SMILES string of the molecule is O=C(COCc1ccc(-c2cnc3nc2NCCCNS(=O)(=O)c2cccc(c2)N3)cc1)c1ccccc1. The maximum Gasteiger partial charge on any atom is 0.240 e. The van der Waals surface area contributed by atoms with Crippen molar-refractivity contribution >= 4 is 33.3 Å². The average Bonchev–Trinajstić information content (AvgIpc) is 2.94. The highest BCUT2D eigenvalue weighted by atomic mass is 32.2. The predicted octanol–water partition coefficient (Wildman–Crippen LogP) is 4.38. The van der Waals surface area contributed by atoms with Gasteiger partial charge in [0, 0.05) is 36.1 Å². The smallest absolute Gasteiger partial charge is 0.240 e. The van der Waals surface area contributed by atoms with Crippen LogP contribution in [0.15, 0.2) is 90.0 Å². The minimum Gasteiger partial charge on any atom is -0.369 e. The van der Waals surface area contributed by atoms with E-state index < -0.39 is 10.0 Å². The van der Waals surface area contributed by atoms with Crippen LogP contribution in [0, 0.1) is 0 Å². The lowest BCUT2D eigenvalue weighted by atomic mass is 10.1. The number of hydrogen-bond donors (Lipinski definition) is 3. The van der Waals surface area contributed by atoms with Crippen molar-refractivity contribution in [1.29, 1.82) is 0 Å². The Bertz CT molecular complexity index is 1530. The summed E-state index contributed by atoms with van der Waals surface area (Å²) in [5, 5.41) is 6.41. The molecule has 10 heteroatoms. The molecule has 1 aliphatic heterocycles. The van der Waals surface area contributed by atoms with E-state index in [2.05, 4.69) is 25.3 Å². The van der Waals surface area contributed by atoms with Gasteiger partial charge >= 0.3 is 0 Å². The van der Waals surface area contributed by atoms with Gasteiger partial charge in [0.05, 0.1) is 11.5 Å². The summed E-state index contributed by atoms with van der Waals surface area (Å²) < 4.78 is 33.4. The Morgan fingerprint density at radius 3 is 2.58 bits per heavy atom. The molecule has 4 aromatic rings. The van der Waals surface area contributed by atoms with Gasteiger partial charge in [-0.05, 0) is 35.7 Å². The summed E-state index contributed by atoms with van der Waals surface area (Å²) in [5.41, 5.74) is 3.86. The van der Waals surface area contributed by atoms with Crippen molar-refractivity contribution in [1.82, 2.24) is 14.7 Å². The molecule has 9 nitrogen and oxygen atoms in total. The molecule has 4 bridgehead atoms. The Hall–Kier alpha value is -4.12. The zero-order valence-corrected chi connectivity index (χ0v) is 21.4. The second-order valence-electron chi connectivity index (χ2n) is 8.77. The van der Waals surface area contributed by atoms with E-state index >= 15 is 0 Å². The van der Waals surface area contributed by atoms with Crippen LogP contribution in [0.4, 0.5) is 17.5 Å². The Morgan fingerprint density at radius 2 is 1.76 bits per heavy atom. The van der Waals surface area contributed by atoms with Crippen molar-refractivity contribution in [3.05, 3.63) is 96.2 Å². The number of benzene rings is 3. The zero-order chi connectivity index (χ0) is 26.4. The molecule has 3 aromatic carbocycles. The fourth-order valence-corrected chi connectivity index (χ4v) is 5.11. The van der Waals surface area contributed by atoms with E-state index in [4.69, 9.17) is 4.74 Å². The normalized spacial score (nSPS) is 14.6. The number of ketones is 1. The standard InChI is InChI=1S/C28H27N5O4S/c34-26(22-6-2-1-3-7-22)19-37-18-20-10-12-21(13-11-20)25-17-30-28-32-23-8-4-9-24(16-23)38(35,36)31-15-5-14-29-27(25)33-28/h1-4,6-13,16-17,31H,5,14-15,18-19H2,(H2,29,30,32,33). The van der Waals surface area contributed by atoms with E-state index in [0.29, 0.717) is 49.1 Å². The summed E-state index contributed by atoms with van der Waals surface area (Å²) in [6, 6.07) is 23.4. The van der Waals surface area contributed by atoms with Crippen LogP contribution in [0.3, 0.4) is 0 Å².